The van der Waals surface area contributed by atoms with Gasteiger partial charge in [0.1, 0.15) is 0 Å². The van der Waals surface area contributed by atoms with Crippen LogP contribution in [0, 0.1) is 10.1 Å². The lowest BCUT2D eigenvalue weighted by Crippen LogP contribution is -2.27. The first-order chi connectivity index (χ1) is 9.13. The molecule has 0 saturated heterocycles. The summed E-state index contributed by atoms with van der Waals surface area (Å²) in [5.41, 5.74) is 0.968. The average Bonchev–Trinajstić information content (AvgIpc) is 2.42. The lowest BCUT2D eigenvalue weighted by atomic mass is 10.1. The lowest BCUT2D eigenvalue weighted by Gasteiger charge is -2.05. The Morgan fingerprint density at radius 3 is 2.63 bits per heavy atom. The second-order valence-corrected chi connectivity index (χ2v) is 3.97. The Bertz CT molecular complexity index is 417. The van der Waals surface area contributed by atoms with Gasteiger partial charge < -0.3 is 10.1 Å². The van der Waals surface area contributed by atoms with E-state index in [0.717, 1.165) is 5.56 Å². The molecule has 0 aliphatic rings. The summed E-state index contributed by atoms with van der Waals surface area (Å²) in [4.78, 5) is 21.5. The summed E-state index contributed by atoms with van der Waals surface area (Å²) in [5, 5.41) is 13.2. The van der Waals surface area contributed by atoms with Crippen molar-refractivity contribution in [2.75, 3.05) is 19.8 Å². The van der Waals surface area contributed by atoms with Crippen LogP contribution in [0.1, 0.15) is 18.9 Å². The molecule has 1 N–H and O–H groups in total. The van der Waals surface area contributed by atoms with Gasteiger partial charge in [0.25, 0.3) is 5.69 Å². The molecule has 6 nitrogen and oxygen atoms in total. The highest BCUT2D eigenvalue weighted by atomic mass is 16.6. The van der Waals surface area contributed by atoms with Crippen molar-refractivity contribution < 1.29 is 14.5 Å². The molecule has 0 saturated carbocycles. The van der Waals surface area contributed by atoms with Gasteiger partial charge in [0, 0.05) is 31.7 Å². The Labute approximate surface area is 111 Å². The third-order valence-electron chi connectivity index (χ3n) is 2.56. The van der Waals surface area contributed by atoms with E-state index in [-0.39, 0.29) is 11.6 Å². The van der Waals surface area contributed by atoms with Crippen LogP contribution < -0.4 is 5.32 Å². The third-order valence-corrected chi connectivity index (χ3v) is 2.56. The minimum atomic E-state index is -0.440. The zero-order valence-electron chi connectivity index (χ0n) is 10.9. The molecule has 1 aromatic rings. The van der Waals surface area contributed by atoms with E-state index < -0.39 is 4.92 Å². The number of nitro groups is 1. The van der Waals surface area contributed by atoms with Crippen molar-refractivity contribution in [3.63, 3.8) is 0 Å². The van der Waals surface area contributed by atoms with E-state index in [4.69, 9.17) is 4.74 Å². The second kappa shape index (κ2) is 8.20. The largest absolute Gasteiger partial charge is 0.380 e. The van der Waals surface area contributed by atoms with Crippen molar-refractivity contribution in [1.29, 1.82) is 0 Å². The number of aryl methyl sites for hydroxylation is 1. The molecule has 104 valence electrons. The Hall–Kier alpha value is -1.95. The molecule has 0 atom stereocenters. The predicted molar refractivity (Wildman–Crippen MR) is 70.9 cm³/mol. The Kier molecular flexibility index (Phi) is 6.52. The summed E-state index contributed by atoms with van der Waals surface area (Å²) in [7, 11) is 0. The number of non-ortho nitro benzene ring substituents is 1. The number of carbonyl (C=O) groups excluding carboxylic acids is 1. The molecule has 0 fully saturated rings. The molecule has 1 aromatic carbocycles. The molecule has 0 spiro atoms. The highest BCUT2D eigenvalue weighted by Crippen LogP contribution is 2.12. The maximum atomic E-state index is 11.5. The summed E-state index contributed by atoms with van der Waals surface area (Å²) in [6.45, 7) is 3.56. The third kappa shape index (κ3) is 5.96. The summed E-state index contributed by atoms with van der Waals surface area (Å²) in [6.07, 6.45) is 0.933. The quantitative estimate of drug-likeness (QED) is 0.441. The predicted octanol–water partition coefficient (Wildman–Crippen LogP) is 1.68. The Morgan fingerprint density at radius 1 is 1.37 bits per heavy atom. The molecule has 0 bridgehead atoms. The highest BCUT2D eigenvalue weighted by Gasteiger charge is 2.05. The summed E-state index contributed by atoms with van der Waals surface area (Å²) < 4.78 is 5.10. The van der Waals surface area contributed by atoms with E-state index in [1.807, 2.05) is 6.92 Å². The molecule has 0 unspecified atom stereocenters. The molecular formula is C13H18N2O4. The van der Waals surface area contributed by atoms with E-state index in [1.54, 1.807) is 12.1 Å². The molecule has 0 aliphatic carbocycles. The van der Waals surface area contributed by atoms with Crippen LogP contribution in [0.4, 0.5) is 5.69 Å². The first-order valence-electron chi connectivity index (χ1n) is 6.21. The number of hydrogen-bond donors (Lipinski definition) is 1. The van der Waals surface area contributed by atoms with Gasteiger partial charge in [-0.2, -0.15) is 0 Å². The number of amides is 1. The van der Waals surface area contributed by atoms with Crippen LogP contribution in [0.25, 0.3) is 0 Å². The number of carbonyl (C=O) groups is 1. The Balaban J connectivity index is 2.28. The normalized spacial score (nSPS) is 10.2. The fourth-order valence-electron chi connectivity index (χ4n) is 1.54. The summed E-state index contributed by atoms with van der Waals surface area (Å²) >= 11 is 0. The van der Waals surface area contributed by atoms with Gasteiger partial charge >= 0.3 is 0 Å². The molecule has 0 aliphatic heterocycles. The van der Waals surface area contributed by atoms with Gasteiger partial charge in [-0.3, -0.25) is 14.9 Å². The van der Waals surface area contributed by atoms with Gasteiger partial charge in [-0.15, -0.1) is 0 Å². The van der Waals surface area contributed by atoms with Crippen LogP contribution in [-0.4, -0.2) is 30.6 Å². The van der Waals surface area contributed by atoms with Gasteiger partial charge in [-0.1, -0.05) is 12.1 Å². The van der Waals surface area contributed by atoms with E-state index >= 15 is 0 Å². The lowest BCUT2D eigenvalue weighted by molar-refractivity contribution is -0.384. The zero-order valence-corrected chi connectivity index (χ0v) is 10.9. The molecule has 0 heterocycles. The van der Waals surface area contributed by atoms with Crippen molar-refractivity contribution in [3.8, 4) is 0 Å². The maximum absolute atomic E-state index is 11.5. The standard InChI is InChI=1S/C13H18N2O4/c1-2-19-10-9-14-13(16)8-5-11-3-6-12(7-4-11)15(17)18/h3-4,6-7H,2,5,8-10H2,1H3,(H,14,16). The molecule has 0 radical (unpaired) electrons. The zero-order chi connectivity index (χ0) is 14.1. The topological polar surface area (TPSA) is 81.5 Å². The van der Waals surface area contributed by atoms with E-state index in [9.17, 15) is 14.9 Å². The SMILES string of the molecule is CCOCCNC(=O)CCc1ccc([N+](=O)[O-])cc1. The molecular weight excluding hydrogens is 248 g/mol. The molecule has 1 rings (SSSR count). The fraction of sp³-hybridized carbons (Fsp3) is 0.462. The smallest absolute Gasteiger partial charge is 0.269 e. The van der Waals surface area contributed by atoms with Crippen molar-refractivity contribution in [3.05, 3.63) is 39.9 Å². The number of ether oxygens (including phenoxy) is 1. The van der Waals surface area contributed by atoms with Crippen LogP contribution in [0.15, 0.2) is 24.3 Å². The summed E-state index contributed by atoms with van der Waals surface area (Å²) in [5.74, 6) is -0.0435. The number of nitrogens with zero attached hydrogens (tertiary/aromatic N) is 1. The van der Waals surface area contributed by atoms with Crippen LogP contribution in [0.5, 0.6) is 0 Å². The fourth-order valence-corrected chi connectivity index (χ4v) is 1.54. The molecule has 1 amide bonds. The van der Waals surface area contributed by atoms with E-state index in [1.165, 1.54) is 12.1 Å². The minimum absolute atomic E-state index is 0.0435. The van der Waals surface area contributed by atoms with Crippen LogP contribution in [0.2, 0.25) is 0 Å². The van der Waals surface area contributed by atoms with E-state index in [0.29, 0.717) is 32.6 Å². The van der Waals surface area contributed by atoms with Gasteiger partial charge in [-0.25, -0.2) is 0 Å². The number of nitro benzene ring substituents is 1. The second-order valence-electron chi connectivity index (χ2n) is 3.97. The number of rotatable bonds is 8. The Morgan fingerprint density at radius 2 is 2.05 bits per heavy atom. The van der Waals surface area contributed by atoms with Crippen molar-refractivity contribution in [2.24, 2.45) is 0 Å². The molecule has 0 aromatic heterocycles. The first kappa shape index (κ1) is 15.1. The van der Waals surface area contributed by atoms with Crippen LogP contribution in [0.3, 0.4) is 0 Å². The van der Waals surface area contributed by atoms with Gasteiger partial charge in [0.2, 0.25) is 5.91 Å². The number of benzene rings is 1. The van der Waals surface area contributed by atoms with Crippen molar-refractivity contribution >= 4 is 11.6 Å². The maximum Gasteiger partial charge on any atom is 0.269 e. The van der Waals surface area contributed by atoms with Crippen molar-refractivity contribution in [2.45, 2.75) is 19.8 Å². The first-order valence-corrected chi connectivity index (χ1v) is 6.21. The monoisotopic (exact) mass is 266 g/mol. The van der Waals surface area contributed by atoms with Crippen LogP contribution >= 0.6 is 0 Å². The number of nitrogens with one attached hydrogen (secondary N) is 1. The van der Waals surface area contributed by atoms with Gasteiger partial charge in [0.05, 0.1) is 11.5 Å². The van der Waals surface area contributed by atoms with Crippen LogP contribution in [-0.2, 0) is 16.0 Å². The molecule has 6 heteroatoms. The average molecular weight is 266 g/mol. The molecule has 19 heavy (non-hydrogen) atoms. The summed E-state index contributed by atoms with van der Waals surface area (Å²) in [6, 6.07) is 6.24. The van der Waals surface area contributed by atoms with E-state index in [2.05, 4.69) is 5.32 Å². The highest BCUT2D eigenvalue weighted by molar-refractivity contribution is 5.76. The minimum Gasteiger partial charge on any atom is -0.380 e. The number of hydrogen-bond acceptors (Lipinski definition) is 4. The van der Waals surface area contributed by atoms with Crippen molar-refractivity contribution in [1.82, 2.24) is 5.32 Å². The van der Waals surface area contributed by atoms with Gasteiger partial charge in [0.15, 0.2) is 0 Å². The van der Waals surface area contributed by atoms with Gasteiger partial charge in [-0.05, 0) is 18.9 Å².